The van der Waals surface area contributed by atoms with Gasteiger partial charge in [-0.15, -0.1) is 5.10 Å². The van der Waals surface area contributed by atoms with Gasteiger partial charge < -0.3 is 4.42 Å². The van der Waals surface area contributed by atoms with Crippen molar-refractivity contribution in [3.05, 3.63) is 33.1 Å². The van der Waals surface area contributed by atoms with Gasteiger partial charge in [0.15, 0.2) is 0 Å². The molecule has 1 aromatic heterocycles. The fourth-order valence-electron chi connectivity index (χ4n) is 1.18. The van der Waals surface area contributed by atoms with Crippen LogP contribution in [0.1, 0.15) is 5.56 Å². The van der Waals surface area contributed by atoms with Crippen molar-refractivity contribution in [2.24, 2.45) is 0 Å². The first-order valence-corrected chi connectivity index (χ1v) is 5.19. The summed E-state index contributed by atoms with van der Waals surface area (Å²) in [6.07, 6.45) is 0. The van der Waals surface area contributed by atoms with E-state index in [-0.39, 0.29) is 0 Å². The molecule has 0 atom stereocenters. The van der Waals surface area contributed by atoms with E-state index >= 15 is 0 Å². The maximum atomic E-state index is 5.23. The van der Waals surface area contributed by atoms with Crippen molar-refractivity contribution < 1.29 is 4.42 Å². The second-order valence-corrected chi connectivity index (χ2v) is 4.06. The lowest BCUT2D eigenvalue weighted by Gasteiger charge is -2.01. The third-order valence-electron chi connectivity index (χ3n) is 1.94. The Morgan fingerprint density at radius 1 is 1.50 bits per heavy atom. The van der Waals surface area contributed by atoms with Crippen molar-refractivity contribution in [3.63, 3.8) is 0 Å². The van der Waals surface area contributed by atoms with Crippen LogP contribution in [0.5, 0.6) is 0 Å². The molecule has 72 valence electrons. The molecule has 0 radical (unpaired) electrons. The van der Waals surface area contributed by atoms with E-state index in [4.69, 9.17) is 16.6 Å². The molecule has 0 bridgehead atoms. The van der Waals surface area contributed by atoms with Gasteiger partial charge in [0.2, 0.25) is 5.89 Å². The topological polar surface area (TPSA) is 41.8 Å². The van der Waals surface area contributed by atoms with Crippen LogP contribution in [0, 0.1) is 11.8 Å². The molecule has 0 saturated carbocycles. The highest BCUT2D eigenvalue weighted by Gasteiger charge is 2.08. The maximum Gasteiger partial charge on any atom is 0.284 e. The lowest BCUT2D eigenvalue weighted by atomic mass is 10.1. The Bertz CT molecular complexity index is 518. The molecule has 0 aliphatic heterocycles. The standard InChI is InChI=1S/C9H7BrN2OS/c1-5-6(3-2-4-7(5)10)8-11-12-9(14)13-8/h2-4H,1H3,(H,12,14). The SMILES string of the molecule is Cc1c(Br)cccc1-c1n[nH]c(=S)o1. The fraction of sp³-hybridized carbons (Fsp3) is 0.111. The second kappa shape index (κ2) is 3.67. The Labute approximate surface area is 94.3 Å². The van der Waals surface area contributed by atoms with Crippen LogP contribution in [-0.2, 0) is 0 Å². The zero-order valence-corrected chi connectivity index (χ0v) is 9.78. The Hall–Kier alpha value is -0.940. The molecule has 0 saturated heterocycles. The van der Waals surface area contributed by atoms with Crippen LogP contribution < -0.4 is 0 Å². The van der Waals surface area contributed by atoms with Crippen LogP contribution in [-0.4, -0.2) is 10.2 Å². The minimum absolute atomic E-state index is 0.291. The van der Waals surface area contributed by atoms with Gasteiger partial charge in [0, 0.05) is 10.0 Å². The molecule has 2 rings (SSSR count). The Morgan fingerprint density at radius 3 is 2.93 bits per heavy atom. The molecule has 0 amide bonds. The third kappa shape index (κ3) is 1.65. The van der Waals surface area contributed by atoms with Crippen molar-refractivity contribution >= 4 is 28.1 Å². The van der Waals surface area contributed by atoms with Crippen LogP contribution >= 0.6 is 28.1 Å². The van der Waals surface area contributed by atoms with Crippen LogP contribution in [0.25, 0.3) is 11.5 Å². The average Bonchev–Trinajstić information content (AvgIpc) is 2.57. The van der Waals surface area contributed by atoms with E-state index in [0.717, 1.165) is 15.6 Å². The molecule has 3 nitrogen and oxygen atoms in total. The minimum atomic E-state index is 0.291. The van der Waals surface area contributed by atoms with Crippen LogP contribution in [0.15, 0.2) is 27.1 Å². The van der Waals surface area contributed by atoms with Gasteiger partial charge in [-0.25, -0.2) is 5.10 Å². The van der Waals surface area contributed by atoms with Crippen molar-refractivity contribution in [1.82, 2.24) is 10.2 Å². The first-order chi connectivity index (χ1) is 6.68. The summed E-state index contributed by atoms with van der Waals surface area (Å²) in [5.74, 6) is 0.522. The number of halogens is 1. The molecule has 0 unspecified atom stereocenters. The van der Waals surface area contributed by atoms with Crippen LogP contribution in [0.4, 0.5) is 0 Å². The normalized spacial score (nSPS) is 10.4. The smallest absolute Gasteiger partial charge is 0.284 e. The summed E-state index contributed by atoms with van der Waals surface area (Å²) >= 11 is 8.26. The van der Waals surface area contributed by atoms with E-state index in [1.165, 1.54) is 0 Å². The Kier molecular flexibility index (Phi) is 2.52. The molecule has 14 heavy (non-hydrogen) atoms. The highest BCUT2D eigenvalue weighted by molar-refractivity contribution is 9.10. The summed E-state index contributed by atoms with van der Waals surface area (Å²) in [5.41, 5.74) is 2.02. The van der Waals surface area contributed by atoms with Crippen molar-refractivity contribution in [1.29, 1.82) is 0 Å². The summed E-state index contributed by atoms with van der Waals surface area (Å²) in [6.45, 7) is 1.99. The zero-order chi connectivity index (χ0) is 10.1. The number of H-pyrrole nitrogens is 1. The van der Waals surface area contributed by atoms with Gasteiger partial charge in [-0.05, 0) is 36.8 Å². The number of hydrogen-bond acceptors (Lipinski definition) is 3. The number of aromatic amines is 1. The summed E-state index contributed by atoms with van der Waals surface area (Å²) in [7, 11) is 0. The molecular weight excluding hydrogens is 264 g/mol. The average molecular weight is 271 g/mol. The van der Waals surface area contributed by atoms with Crippen molar-refractivity contribution in [2.45, 2.75) is 6.92 Å². The lowest BCUT2D eigenvalue weighted by Crippen LogP contribution is -1.84. The third-order valence-corrected chi connectivity index (χ3v) is 2.97. The first-order valence-electron chi connectivity index (χ1n) is 3.99. The number of nitrogens with zero attached hydrogens (tertiary/aromatic N) is 1. The Morgan fingerprint density at radius 2 is 2.29 bits per heavy atom. The predicted octanol–water partition coefficient (Wildman–Crippen LogP) is 3.47. The van der Waals surface area contributed by atoms with Crippen LogP contribution in [0.3, 0.4) is 0 Å². The summed E-state index contributed by atoms with van der Waals surface area (Å²) in [4.78, 5) is 0.291. The number of benzene rings is 1. The van der Waals surface area contributed by atoms with E-state index in [2.05, 4.69) is 26.1 Å². The molecule has 0 spiro atoms. The highest BCUT2D eigenvalue weighted by atomic mass is 79.9. The number of nitrogens with one attached hydrogen (secondary N) is 1. The van der Waals surface area contributed by atoms with Gasteiger partial charge in [0.05, 0.1) is 0 Å². The number of hydrogen-bond donors (Lipinski definition) is 1. The van der Waals surface area contributed by atoms with Crippen LogP contribution in [0.2, 0.25) is 0 Å². The van der Waals surface area contributed by atoms with Gasteiger partial charge in [-0.2, -0.15) is 0 Å². The Balaban J connectivity index is 2.62. The van der Waals surface area contributed by atoms with E-state index in [1.54, 1.807) is 0 Å². The molecule has 5 heteroatoms. The van der Waals surface area contributed by atoms with Crippen molar-refractivity contribution in [3.8, 4) is 11.5 Å². The summed E-state index contributed by atoms with van der Waals surface area (Å²) in [6, 6.07) is 5.84. The van der Waals surface area contributed by atoms with Gasteiger partial charge in [-0.3, -0.25) is 0 Å². The molecule has 0 aliphatic rings. The van der Waals surface area contributed by atoms with E-state index in [1.807, 2.05) is 25.1 Å². The number of rotatable bonds is 1. The summed E-state index contributed by atoms with van der Waals surface area (Å²) in [5, 5.41) is 6.57. The minimum Gasteiger partial charge on any atom is -0.409 e. The molecule has 2 aromatic rings. The van der Waals surface area contributed by atoms with E-state index in [0.29, 0.717) is 10.7 Å². The predicted molar refractivity (Wildman–Crippen MR) is 59.6 cm³/mol. The van der Waals surface area contributed by atoms with E-state index < -0.39 is 0 Å². The van der Waals surface area contributed by atoms with E-state index in [9.17, 15) is 0 Å². The van der Waals surface area contributed by atoms with Gasteiger partial charge in [-0.1, -0.05) is 22.0 Å². The first kappa shape index (κ1) is 9.61. The molecule has 1 heterocycles. The maximum absolute atomic E-state index is 5.23. The summed E-state index contributed by atoms with van der Waals surface area (Å²) < 4.78 is 6.26. The fourth-order valence-corrected chi connectivity index (χ4v) is 1.68. The number of aromatic nitrogens is 2. The molecule has 1 N–H and O–H groups in total. The molecule has 0 fully saturated rings. The lowest BCUT2D eigenvalue weighted by molar-refractivity contribution is 0.551. The monoisotopic (exact) mass is 270 g/mol. The second-order valence-electron chi connectivity index (χ2n) is 2.83. The molecular formula is C9H7BrN2OS. The largest absolute Gasteiger partial charge is 0.409 e. The van der Waals surface area contributed by atoms with Gasteiger partial charge in [0.25, 0.3) is 4.84 Å². The molecule has 0 aliphatic carbocycles. The van der Waals surface area contributed by atoms with Gasteiger partial charge in [0.1, 0.15) is 0 Å². The van der Waals surface area contributed by atoms with Crippen molar-refractivity contribution in [2.75, 3.05) is 0 Å². The molecule has 1 aromatic carbocycles. The quantitative estimate of drug-likeness (QED) is 0.807. The highest BCUT2D eigenvalue weighted by Crippen LogP contribution is 2.26. The van der Waals surface area contributed by atoms with Gasteiger partial charge >= 0.3 is 0 Å². The zero-order valence-electron chi connectivity index (χ0n) is 7.37.